The van der Waals surface area contributed by atoms with Gasteiger partial charge in [-0.05, 0) is 121 Å². The third-order valence-corrected chi connectivity index (χ3v) is 10.1. The maximum absolute atomic E-state index is 11.5. The van der Waals surface area contributed by atoms with Crippen LogP contribution in [0.1, 0.15) is 47.1 Å². The average Bonchev–Trinajstić information content (AvgIpc) is 3.91. The summed E-state index contributed by atoms with van der Waals surface area (Å²) in [5.41, 5.74) is 10.8. The molecule has 6 aromatic rings. The number of carboxylic acids is 1. The summed E-state index contributed by atoms with van der Waals surface area (Å²) >= 11 is 0. The van der Waals surface area contributed by atoms with Crippen LogP contribution >= 0.6 is 0 Å². The van der Waals surface area contributed by atoms with E-state index in [1.54, 1.807) is 0 Å². The lowest BCUT2D eigenvalue weighted by Gasteiger charge is -2.17. The van der Waals surface area contributed by atoms with Gasteiger partial charge in [-0.15, -0.1) is 0 Å². The van der Waals surface area contributed by atoms with E-state index in [1.165, 1.54) is 11.3 Å². The van der Waals surface area contributed by atoms with Gasteiger partial charge < -0.3 is 14.8 Å². The molecule has 1 atom stereocenters. The molecule has 2 aliphatic rings. The fraction of sp³-hybridized carbons (Fsp3) is 0.244. The van der Waals surface area contributed by atoms with Crippen molar-refractivity contribution in [2.24, 2.45) is 10.9 Å². The molecule has 0 unspecified atom stereocenters. The second-order valence-electron chi connectivity index (χ2n) is 13.3. The molecule has 0 spiro atoms. The van der Waals surface area contributed by atoms with Gasteiger partial charge >= 0.3 is 5.97 Å². The maximum atomic E-state index is 11.5. The minimum Gasteiger partial charge on any atom is -0.481 e. The number of oxazole rings is 1. The molecule has 2 aliphatic heterocycles. The zero-order valence-electron chi connectivity index (χ0n) is 28.0. The fourth-order valence-corrected chi connectivity index (χ4v) is 7.40. The molecule has 4 heterocycles. The number of hydrogen-bond acceptors (Lipinski definition) is 8. The van der Waals surface area contributed by atoms with Crippen LogP contribution in [0.2, 0.25) is 0 Å². The summed E-state index contributed by atoms with van der Waals surface area (Å²) in [6, 6.07) is 26.9. The van der Waals surface area contributed by atoms with E-state index in [-0.39, 0.29) is 5.92 Å². The van der Waals surface area contributed by atoms with Gasteiger partial charge in [0.2, 0.25) is 5.89 Å². The van der Waals surface area contributed by atoms with Gasteiger partial charge in [0.05, 0.1) is 11.5 Å². The third kappa shape index (κ3) is 5.78. The van der Waals surface area contributed by atoms with E-state index in [2.05, 4.69) is 77.6 Å². The minimum absolute atomic E-state index is 0.358. The molecule has 4 aromatic carbocycles. The number of rotatable bonds is 8. The van der Waals surface area contributed by atoms with E-state index in [9.17, 15) is 15.2 Å². The first-order valence-corrected chi connectivity index (χ1v) is 17.0. The van der Waals surface area contributed by atoms with Gasteiger partial charge in [-0.1, -0.05) is 30.3 Å². The number of aromatic nitrogens is 2. The van der Waals surface area contributed by atoms with Crippen molar-refractivity contribution in [1.82, 2.24) is 14.9 Å². The van der Waals surface area contributed by atoms with Gasteiger partial charge in [-0.25, -0.2) is 9.97 Å². The molecule has 0 radical (unpaired) electrons. The second kappa shape index (κ2) is 12.9. The zero-order valence-corrected chi connectivity index (χ0v) is 28.0. The van der Waals surface area contributed by atoms with Crippen molar-refractivity contribution < 1.29 is 14.3 Å². The number of nitriles is 1. The number of aliphatic carboxylic acids is 1. The number of pyridine rings is 1. The zero-order chi connectivity index (χ0) is 34.4. The lowest BCUT2D eigenvalue weighted by atomic mass is 9.93. The van der Waals surface area contributed by atoms with Crippen molar-refractivity contribution in [3.05, 3.63) is 107 Å². The van der Waals surface area contributed by atoms with Crippen LogP contribution in [0.5, 0.6) is 0 Å². The second-order valence-corrected chi connectivity index (χ2v) is 13.3. The van der Waals surface area contributed by atoms with Crippen molar-refractivity contribution in [1.29, 1.82) is 5.26 Å². The molecule has 50 heavy (non-hydrogen) atoms. The number of aliphatic imine (C=N–C) groups is 1. The Kier molecular flexibility index (Phi) is 8.09. The van der Waals surface area contributed by atoms with Crippen LogP contribution < -0.4 is 5.32 Å². The topological polar surface area (TPSA) is 128 Å². The molecule has 2 N–H and O–H groups in total. The Balaban J connectivity index is 1.10. The Labute approximate surface area is 289 Å². The number of carbonyl (C=O) groups is 1. The van der Waals surface area contributed by atoms with Crippen molar-refractivity contribution in [2.45, 2.75) is 39.7 Å². The van der Waals surface area contributed by atoms with Crippen molar-refractivity contribution in [2.75, 3.05) is 25.0 Å². The molecule has 2 aromatic heterocycles. The Morgan fingerprint density at radius 1 is 1.04 bits per heavy atom. The first-order valence-electron chi connectivity index (χ1n) is 17.0. The first-order chi connectivity index (χ1) is 24.4. The van der Waals surface area contributed by atoms with Crippen LogP contribution in [0.15, 0.2) is 88.4 Å². The SMILES string of the molecule is Cc1c(Nc2nccc3cc(C4=NCCC4)ccc23)cccc1-c1cccc(-c2nc3cc(CN4CC[C@@H](C(=O)O)C4)cc(C#N)c3o2)c1C. The molecule has 0 aliphatic carbocycles. The Hall–Kier alpha value is -5.85. The lowest BCUT2D eigenvalue weighted by molar-refractivity contribution is -0.141. The van der Waals surface area contributed by atoms with Gasteiger partial charge in [-0.3, -0.25) is 14.7 Å². The van der Waals surface area contributed by atoms with Gasteiger partial charge in [0, 0.05) is 48.2 Å². The van der Waals surface area contributed by atoms with Gasteiger partial charge in [0.25, 0.3) is 0 Å². The number of hydrogen-bond donors (Lipinski definition) is 2. The number of nitrogens with one attached hydrogen (secondary N) is 1. The number of nitrogens with zero attached hydrogens (tertiary/aromatic N) is 5. The Bertz CT molecular complexity index is 2390. The van der Waals surface area contributed by atoms with E-state index >= 15 is 0 Å². The molecule has 0 saturated carbocycles. The number of anilines is 2. The molecular formula is C41H36N6O3. The van der Waals surface area contributed by atoms with Crippen LogP contribution in [0.4, 0.5) is 11.5 Å². The number of benzene rings is 4. The molecule has 1 fully saturated rings. The van der Waals surface area contributed by atoms with Gasteiger partial charge in [-0.2, -0.15) is 5.26 Å². The van der Waals surface area contributed by atoms with E-state index < -0.39 is 5.97 Å². The predicted octanol–water partition coefficient (Wildman–Crippen LogP) is 8.43. The maximum Gasteiger partial charge on any atom is 0.307 e. The summed E-state index contributed by atoms with van der Waals surface area (Å²) in [5, 5.41) is 25.2. The summed E-state index contributed by atoms with van der Waals surface area (Å²) in [4.78, 5) is 27.8. The van der Waals surface area contributed by atoms with Crippen LogP contribution in [-0.4, -0.2) is 51.3 Å². The first kappa shape index (κ1) is 31.4. The third-order valence-electron chi connectivity index (χ3n) is 10.1. The normalized spacial score (nSPS) is 16.2. The molecule has 0 bridgehead atoms. The highest BCUT2D eigenvalue weighted by Gasteiger charge is 2.28. The highest BCUT2D eigenvalue weighted by molar-refractivity contribution is 6.05. The molecule has 1 saturated heterocycles. The van der Waals surface area contributed by atoms with E-state index in [0.717, 1.165) is 75.0 Å². The van der Waals surface area contributed by atoms with Crippen LogP contribution in [0, 0.1) is 31.1 Å². The minimum atomic E-state index is -0.761. The van der Waals surface area contributed by atoms with E-state index in [0.29, 0.717) is 48.6 Å². The number of fused-ring (bicyclic) bond motifs is 2. The largest absolute Gasteiger partial charge is 0.481 e. The molecule has 248 valence electrons. The van der Waals surface area contributed by atoms with E-state index in [1.807, 2.05) is 36.5 Å². The quantitative estimate of drug-likeness (QED) is 0.167. The smallest absolute Gasteiger partial charge is 0.307 e. The summed E-state index contributed by atoms with van der Waals surface area (Å²) in [6.45, 7) is 6.85. The molecule has 8 rings (SSSR count). The van der Waals surface area contributed by atoms with Crippen molar-refractivity contribution in [3.8, 4) is 28.7 Å². The van der Waals surface area contributed by atoms with Gasteiger partial charge in [0.1, 0.15) is 17.4 Å². The molecule has 0 amide bonds. The molecule has 9 heteroatoms. The Morgan fingerprint density at radius 2 is 1.86 bits per heavy atom. The van der Waals surface area contributed by atoms with Crippen LogP contribution in [0.3, 0.4) is 0 Å². The van der Waals surface area contributed by atoms with E-state index in [4.69, 9.17) is 14.4 Å². The van der Waals surface area contributed by atoms with Crippen LogP contribution in [-0.2, 0) is 11.3 Å². The highest BCUT2D eigenvalue weighted by Crippen LogP contribution is 2.38. The highest BCUT2D eigenvalue weighted by atomic mass is 16.4. The summed E-state index contributed by atoms with van der Waals surface area (Å²) < 4.78 is 6.28. The molecule has 9 nitrogen and oxygen atoms in total. The average molecular weight is 661 g/mol. The van der Waals surface area contributed by atoms with Crippen molar-refractivity contribution in [3.63, 3.8) is 0 Å². The fourth-order valence-electron chi connectivity index (χ4n) is 7.40. The monoisotopic (exact) mass is 660 g/mol. The predicted molar refractivity (Wildman–Crippen MR) is 196 cm³/mol. The van der Waals surface area contributed by atoms with Crippen molar-refractivity contribution >= 4 is 45.1 Å². The summed E-state index contributed by atoms with van der Waals surface area (Å²) in [5.74, 6) is 0.140. The Morgan fingerprint density at radius 3 is 2.64 bits per heavy atom. The van der Waals surface area contributed by atoms with Crippen LogP contribution in [0.25, 0.3) is 44.5 Å². The molecular weight excluding hydrogens is 624 g/mol. The standard InChI is InChI=1S/C41H36N6O3/c1-24-31(32-7-4-9-35(25(32)2)45-39-34-12-11-28(36-10-5-15-43-36)20-27(34)13-16-44-39)6-3-8-33(24)40-46-37-19-26(18-30(21-42)38(37)50-40)22-47-17-14-29(23-47)41(48)49/h3-4,6-9,11-13,16,18-20,29H,5,10,14-15,17,22-23H2,1-2H3,(H,44,45)(H,48,49)/t29-/m1/s1. The summed E-state index contributed by atoms with van der Waals surface area (Å²) in [6.07, 6.45) is 4.62. The lowest BCUT2D eigenvalue weighted by Crippen LogP contribution is -2.22. The summed E-state index contributed by atoms with van der Waals surface area (Å²) in [7, 11) is 0. The van der Waals surface area contributed by atoms with Gasteiger partial charge in [0.15, 0.2) is 5.58 Å². The number of carboxylic acid groups (broad SMARTS) is 1. The number of likely N-dealkylation sites (tertiary alicyclic amines) is 1.